The molecule has 1 aliphatic rings. The quantitative estimate of drug-likeness (QED) is 0.782. The number of pyridine rings is 1. The second-order valence-corrected chi connectivity index (χ2v) is 6.09. The van der Waals surface area contributed by atoms with Gasteiger partial charge in [-0.1, -0.05) is 0 Å². The smallest absolute Gasteiger partial charge is 0.321 e. The topological polar surface area (TPSA) is 102 Å². The summed E-state index contributed by atoms with van der Waals surface area (Å²) in [5.41, 5.74) is 0.440. The Kier molecular flexibility index (Phi) is 6.35. The number of hydrogen-bond acceptors (Lipinski definition) is 8. The minimum atomic E-state index is -0.260. The van der Waals surface area contributed by atoms with E-state index in [1.165, 1.54) is 19.7 Å². The predicted octanol–water partition coefficient (Wildman–Crippen LogP) is 1.59. The standard InChI is InChI=1S/C18H24N6O3/c1-3-27-15-8-7-13(11-19-15)16(25)20-12-14-21-17(23-18(22-14)26-2)24-9-5-4-6-10-24/h7-8,11H,3-6,9-10,12H2,1-2H3,(H,20,25). The summed E-state index contributed by atoms with van der Waals surface area (Å²) in [5, 5.41) is 2.80. The fourth-order valence-electron chi connectivity index (χ4n) is 2.80. The lowest BCUT2D eigenvalue weighted by atomic mass is 10.1. The molecule has 1 fully saturated rings. The number of piperidine rings is 1. The van der Waals surface area contributed by atoms with Gasteiger partial charge in [0.1, 0.15) is 0 Å². The van der Waals surface area contributed by atoms with E-state index in [1.807, 2.05) is 6.92 Å². The Morgan fingerprint density at radius 1 is 1.19 bits per heavy atom. The third kappa shape index (κ3) is 5.02. The maximum absolute atomic E-state index is 12.3. The minimum Gasteiger partial charge on any atom is -0.478 e. The van der Waals surface area contributed by atoms with E-state index in [0.29, 0.717) is 29.8 Å². The lowest BCUT2D eigenvalue weighted by Gasteiger charge is -2.26. The summed E-state index contributed by atoms with van der Waals surface area (Å²) >= 11 is 0. The summed E-state index contributed by atoms with van der Waals surface area (Å²) in [6, 6.07) is 3.58. The molecular formula is C18H24N6O3. The molecule has 0 spiro atoms. The third-order valence-electron chi connectivity index (χ3n) is 4.17. The first-order valence-corrected chi connectivity index (χ1v) is 9.10. The Bertz CT molecular complexity index is 762. The normalized spacial score (nSPS) is 13.9. The van der Waals surface area contributed by atoms with Gasteiger partial charge in [-0.25, -0.2) is 4.98 Å². The van der Waals surface area contributed by atoms with Crippen LogP contribution in [0.2, 0.25) is 0 Å². The lowest BCUT2D eigenvalue weighted by molar-refractivity contribution is 0.0949. The largest absolute Gasteiger partial charge is 0.478 e. The van der Waals surface area contributed by atoms with E-state index in [4.69, 9.17) is 9.47 Å². The highest BCUT2D eigenvalue weighted by Gasteiger charge is 2.17. The van der Waals surface area contributed by atoms with Crippen LogP contribution in [0.5, 0.6) is 11.9 Å². The van der Waals surface area contributed by atoms with Gasteiger partial charge in [-0.15, -0.1) is 0 Å². The number of ether oxygens (including phenoxy) is 2. The highest BCUT2D eigenvalue weighted by atomic mass is 16.5. The van der Waals surface area contributed by atoms with Crippen LogP contribution >= 0.6 is 0 Å². The van der Waals surface area contributed by atoms with E-state index in [0.717, 1.165) is 25.9 Å². The van der Waals surface area contributed by atoms with Crippen molar-refractivity contribution in [1.82, 2.24) is 25.3 Å². The summed E-state index contributed by atoms with van der Waals surface area (Å²) in [6.07, 6.45) is 4.93. The van der Waals surface area contributed by atoms with Crippen molar-refractivity contribution in [3.8, 4) is 11.9 Å². The zero-order valence-corrected chi connectivity index (χ0v) is 15.6. The zero-order chi connectivity index (χ0) is 19.1. The van der Waals surface area contributed by atoms with Gasteiger partial charge >= 0.3 is 6.01 Å². The van der Waals surface area contributed by atoms with Crippen molar-refractivity contribution in [2.24, 2.45) is 0 Å². The second kappa shape index (κ2) is 9.11. The summed E-state index contributed by atoms with van der Waals surface area (Å²) < 4.78 is 10.5. The Hall–Kier alpha value is -2.97. The number of aromatic nitrogens is 4. The molecule has 9 nitrogen and oxygen atoms in total. The molecule has 3 heterocycles. The Morgan fingerprint density at radius 2 is 2.00 bits per heavy atom. The summed E-state index contributed by atoms with van der Waals surface area (Å²) in [6.45, 7) is 4.40. The van der Waals surface area contributed by atoms with Crippen LogP contribution < -0.4 is 19.7 Å². The number of carbonyl (C=O) groups is 1. The van der Waals surface area contributed by atoms with Gasteiger partial charge in [0.25, 0.3) is 5.91 Å². The van der Waals surface area contributed by atoms with E-state index < -0.39 is 0 Å². The number of nitrogens with zero attached hydrogens (tertiary/aromatic N) is 5. The summed E-state index contributed by atoms with van der Waals surface area (Å²) in [7, 11) is 1.52. The number of rotatable bonds is 7. The molecule has 0 atom stereocenters. The third-order valence-corrected chi connectivity index (χ3v) is 4.17. The molecule has 0 bridgehead atoms. The van der Waals surface area contributed by atoms with Crippen LogP contribution in [0, 0.1) is 0 Å². The number of carbonyl (C=O) groups excluding carboxylic acids is 1. The molecule has 144 valence electrons. The molecule has 1 aliphatic heterocycles. The van der Waals surface area contributed by atoms with Crippen molar-refractivity contribution in [2.45, 2.75) is 32.7 Å². The molecule has 0 unspecified atom stereocenters. The molecular weight excluding hydrogens is 348 g/mol. The fraction of sp³-hybridized carbons (Fsp3) is 0.500. The molecule has 27 heavy (non-hydrogen) atoms. The van der Waals surface area contributed by atoms with Crippen LogP contribution in [0.25, 0.3) is 0 Å². The predicted molar refractivity (Wildman–Crippen MR) is 99.0 cm³/mol. The number of methoxy groups -OCH3 is 1. The first-order valence-electron chi connectivity index (χ1n) is 9.10. The molecule has 0 radical (unpaired) electrons. The SMILES string of the molecule is CCOc1ccc(C(=O)NCc2nc(OC)nc(N3CCCCC3)n2)cn1. The highest BCUT2D eigenvalue weighted by molar-refractivity contribution is 5.93. The molecule has 3 rings (SSSR count). The van der Waals surface area contributed by atoms with Gasteiger partial charge in [-0.2, -0.15) is 15.0 Å². The maximum Gasteiger partial charge on any atom is 0.321 e. The molecule has 0 aromatic carbocycles. The molecule has 1 saturated heterocycles. The van der Waals surface area contributed by atoms with Gasteiger partial charge in [-0.05, 0) is 32.3 Å². The monoisotopic (exact) mass is 372 g/mol. The van der Waals surface area contributed by atoms with E-state index in [1.54, 1.807) is 12.1 Å². The number of amides is 1. The van der Waals surface area contributed by atoms with Crippen molar-refractivity contribution >= 4 is 11.9 Å². The molecule has 0 saturated carbocycles. The first kappa shape index (κ1) is 18.8. The molecule has 1 amide bonds. The van der Waals surface area contributed by atoms with Crippen molar-refractivity contribution in [3.63, 3.8) is 0 Å². The maximum atomic E-state index is 12.3. The van der Waals surface area contributed by atoms with E-state index >= 15 is 0 Å². The Balaban J connectivity index is 1.66. The van der Waals surface area contributed by atoms with Gasteiger partial charge in [0, 0.05) is 25.4 Å². The van der Waals surface area contributed by atoms with Gasteiger partial charge in [0.05, 0.1) is 25.8 Å². The number of nitrogens with one attached hydrogen (secondary N) is 1. The molecule has 9 heteroatoms. The van der Waals surface area contributed by atoms with E-state index in [-0.39, 0.29) is 18.5 Å². The second-order valence-electron chi connectivity index (χ2n) is 6.09. The van der Waals surface area contributed by atoms with Gasteiger partial charge in [0.15, 0.2) is 5.82 Å². The zero-order valence-electron chi connectivity index (χ0n) is 15.6. The van der Waals surface area contributed by atoms with Crippen molar-refractivity contribution < 1.29 is 14.3 Å². The van der Waals surface area contributed by atoms with Crippen LogP contribution in [-0.2, 0) is 6.54 Å². The van der Waals surface area contributed by atoms with Crippen molar-refractivity contribution in [3.05, 3.63) is 29.7 Å². The van der Waals surface area contributed by atoms with E-state index in [9.17, 15) is 4.79 Å². The molecule has 1 N–H and O–H groups in total. The number of hydrogen-bond donors (Lipinski definition) is 1. The Morgan fingerprint density at radius 3 is 2.67 bits per heavy atom. The summed E-state index contributed by atoms with van der Waals surface area (Å²) in [4.78, 5) is 31.6. The van der Waals surface area contributed by atoms with Gasteiger partial charge in [0.2, 0.25) is 11.8 Å². The average molecular weight is 372 g/mol. The van der Waals surface area contributed by atoms with Gasteiger partial charge < -0.3 is 19.7 Å². The van der Waals surface area contributed by atoms with Crippen LogP contribution in [0.3, 0.4) is 0 Å². The van der Waals surface area contributed by atoms with Crippen molar-refractivity contribution in [2.75, 3.05) is 31.7 Å². The van der Waals surface area contributed by atoms with Crippen LogP contribution in [-0.4, -0.2) is 52.6 Å². The molecule has 2 aromatic heterocycles. The Labute approximate surface area is 158 Å². The fourth-order valence-corrected chi connectivity index (χ4v) is 2.80. The summed E-state index contributed by atoms with van der Waals surface area (Å²) in [5.74, 6) is 1.27. The van der Waals surface area contributed by atoms with Crippen LogP contribution in [0.15, 0.2) is 18.3 Å². The molecule has 2 aromatic rings. The highest BCUT2D eigenvalue weighted by Crippen LogP contribution is 2.17. The van der Waals surface area contributed by atoms with E-state index in [2.05, 4.69) is 30.2 Å². The minimum absolute atomic E-state index is 0.172. The molecule has 0 aliphatic carbocycles. The number of anilines is 1. The average Bonchev–Trinajstić information content (AvgIpc) is 2.73. The van der Waals surface area contributed by atoms with Gasteiger partial charge in [-0.3, -0.25) is 4.79 Å². The van der Waals surface area contributed by atoms with Crippen LogP contribution in [0.4, 0.5) is 5.95 Å². The van der Waals surface area contributed by atoms with Crippen LogP contribution in [0.1, 0.15) is 42.4 Å². The first-order chi connectivity index (χ1) is 13.2. The lowest BCUT2D eigenvalue weighted by Crippen LogP contribution is -2.32. The van der Waals surface area contributed by atoms with Crippen molar-refractivity contribution in [1.29, 1.82) is 0 Å².